The summed E-state index contributed by atoms with van der Waals surface area (Å²) in [6, 6.07) is 6.72. The number of rotatable bonds is 0. The van der Waals surface area contributed by atoms with Crippen molar-refractivity contribution in [3.8, 4) is 0 Å². The van der Waals surface area contributed by atoms with Crippen LogP contribution < -0.4 is 0 Å². The van der Waals surface area contributed by atoms with Gasteiger partial charge in [-0.15, -0.1) is 0 Å². The van der Waals surface area contributed by atoms with E-state index in [1.807, 2.05) is 0 Å². The zero-order valence-electron chi connectivity index (χ0n) is 7.09. The molecule has 0 nitrogen and oxygen atoms in total. The molecule has 0 saturated heterocycles. The number of hydrogen-bond donors (Lipinski definition) is 0. The minimum atomic E-state index is 0.848. The third kappa shape index (κ3) is 0.726. The van der Waals surface area contributed by atoms with Gasteiger partial charge in [0.2, 0.25) is 0 Å². The van der Waals surface area contributed by atoms with E-state index in [0.717, 1.165) is 5.92 Å². The van der Waals surface area contributed by atoms with Gasteiger partial charge in [0.25, 0.3) is 0 Å². The molecular weight excluding hydrogens is 144 g/mol. The summed E-state index contributed by atoms with van der Waals surface area (Å²) in [4.78, 5) is 0. The molecule has 0 heterocycles. The minimum absolute atomic E-state index is 0.848. The molecule has 0 bridgehead atoms. The lowest BCUT2D eigenvalue weighted by Gasteiger charge is -2.16. The zero-order chi connectivity index (χ0) is 7.97. The largest absolute Gasteiger partial charge is 0.0833 e. The molecule has 0 amide bonds. The van der Waals surface area contributed by atoms with Crippen LogP contribution >= 0.6 is 0 Å². The summed E-state index contributed by atoms with van der Waals surface area (Å²) >= 11 is 0. The fraction of sp³-hybridized carbons (Fsp3) is 0.333. The van der Waals surface area contributed by atoms with Crippen molar-refractivity contribution in [2.75, 3.05) is 0 Å². The molecule has 0 saturated carbocycles. The van der Waals surface area contributed by atoms with Crippen LogP contribution in [-0.4, -0.2) is 0 Å². The van der Waals surface area contributed by atoms with Gasteiger partial charge in [0.15, 0.2) is 0 Å². The Labute approximate surface area is 72.9 Å². The van der Waals surface area contributed by atoms with Gasteiger partial charge in [-0.05, 0) is 41.9 Å². The van der Waals surface area contributed by atoms with Gasteiger partial charge in [-0.2, -0.15) is 0 Å². The fourth-order valence-electron chi connectivity index (χ4n) is 2.56. The van der Waals surface area contributed by atoms with Crippen molar-refractivity contribution in [1.82, 2.24) is 0 Å². The van der Waals surface area contributed by atoms with Crippen LogP contribution in [-0.2, 0) is 6.42 Å². The Bertz CT molecular complexity index is 347. The first-order valence-corrected chi connectivity index (χ1v) is 4.73. The molecule has 1 unspecified atom stereocenters. The smallest absolute Gasteiger partial charge is 0.0115 e. The zero-order valence-corrected chi connectivity index (χ0v) is 7.09. The van der Waals surface area contributed by atoms with Crippen molar-refractivity contribution in [1.29, 1.82) is 0 Å². The third-order valence-electron chi connectivity index (χ3n) is 3.12. The van der Waals surface area contributed by atoms with Crippen molar-refractivity contribution >= 4 is 6.08 Å². The van der Waals surface area contributed by atoms with Crippen LogP contribution in [0.5, 0.6) is 0 Å². The van der Waals surface area contributed by atoms with E-state index in [9.17, 15) is 0 Å². The van der Waals surface area contributed by atoms with E-state index in [2.05, 4.69) is 30.4 Å². The van der Waals surface area contributed by atoms with Gasteiger partial charge in [-0.25, -0.2) is 0 Å². The summed E-state index contributed by atoms with van der Waals surface area (Å²) in [5, 5.41) is 0. The summed E-state index contributed by atoms with van der Waals surface area (Å²) in [5.41, 5.74) is 4.73. The average Bonchev–Trinajstić information content (AvgIpc) is 2.52. The van der Waals surface area contributed by atoms with Gasteiger partial charge >= 0.3 is 0 Å². The lowest BCUT2D eigenvalue weighted by Crippen LogP contribution is -1.98. The molecule has 2 aliphatic rings. The molecule has 0 aromatic heterocycles. The topological polar surface area (TPSA) is 0 Å². The second-order valence-electron chi connectivity index (χ2n) is 3.79. The quantitative estimate of drug-likeness (QED) is 0.541. The Balaban J connectivity index is 2.30. The highest BCUT2D eigenvalue weighted by Crippen LogP contribution is 2.40. The maximum absolute atomic E-state index is 2.32. The molecule has 0 heteroatoms. The number of hydrogen-bond acceptors (Lipinski definition) is 0. The van der Waals surface area contributed by atoms with Crippen LogP contribution in [0.25, 0.3) is 6.08 Å². The maximum atomic E-state index is 2.32. The lowest BCUT2D eigenvalue weighted by atomic mass is 9.89. The number of allylic oxidation sites excluding steroid dienone is 1. The molecule has 1 aromatic rings. The van der Waals surface area contributed by atoms with Crippen molar-refractivity contribution in [2.24, 2.45) is 0 Å². The first-order valence-electron chi connectivity index (χ1n) is 4.73. The summed E-state index contributed by atoms with van der Waals surface area (Å²) in [6.07, 6.45) is 8.54. The van der Waals surface area contributed by atoms with Gasteiger partial charge < -0.3 is 0 Å². The third-order valence-corrected chi connectivity index (χ3v) is 3.12. The van der Waals surface area contributed by atoms with Crippen LogP contribution in [0.2, 0.25) is 0 Å². The molecule has 0 fully saturated rings. The maximum Gasteiger partial charge on any atom is -0.0115 e. The van der Waals surface area contributed by atoms with Crippen LogP contribution in [0.3, 0.4) is 0 Å². The number of benzene rings is 1. The standard InChI is InChI=1S/C12H12/c1-3-9-4-2-6-11-8-7-10(5-1)12(9)11/h1-5,11H,6-8H2. The second-order valence-corrected chi connectivity index (χ2v) is 3.79. The summed E-state index contributed by atoms with van der Waals surface area (Å²) < 4.78 is 0. The van der Waals surface area contributed by atoms with Gasteiger partial charge in [-0.3, -0.25) is 0 Å². The lowest BCUT2D eigenvalue weighted by molar-refractivity contribution is 0.684. The molecule has 12 heavy (non-hydrogen) atoms. The molecule has 0 N–H and O–H groups in total. The van der Waals surface area contributed by atoms with Crippen LogP contribution in [0, 0.1) is 0 Å². The summed E-state index contributed by atoms with van der Waals surface area (Å²) in [5.74, 6) is 0.848. The Hall–Kier alpha value is -1.04. The van der Waals surface area contributed by atoms with Crippen LogP contribution in [0.4, 0.5) is 0 Å². The predicted molar refractivity (Wildman–Crippen MR) is 51.2 cm³/mol. The first-order chi connectivity index (χ1) is 5.95. The fourth-order valence-corrected chi connectivity index (χ4v) is 2.56. The van der Waals surface area contributed by atoms with E-state index >= 15 is 0 Å². The molecule has 60 valence electrons. The average molecular weight is 156 g/mol. The van der Waals surface area contributed by atoms with Crippen LogP contribution in [0.15, 0.2) is 24.3 Å². The Morgan fingerprint density at radius 1 is 1.25 bits per heavy atom. The predicted octanol–water partition coefficient (Wildman–Crippen LogP) is 3.13. The monoisotopic (exact) mass is 156 g/mol. The summed E-state index contributed by atoms with van der Waals surface area (Å²) in [7, 11) is 0. The highest BCUT2D eigenvalue weighted by atomic mass is 14.3. The van der Waals surface area contributed by atoms with Gasteiger partial charge in [0.05, 0.1) is 0 Å². The molecular formula is C12H12. The van der Waals surface area contributed by atoms with Crippen molar-refractivity contribution in [3.05, 3.63) is 41.0 Å². The first kappa shape index (κ1) is 6.47. The molecule has 0 aliphatic heterocycles. The van der Waals surface area contributed by atoms with Crippen LogP contribution in [0.1, 0.15) is 35.4 Å². The molecule has 2 aliphatic carbocycles. The minimum Gasteiger partial charge on any atom is -0.0833 e. The number of aryl methyl sites for hydroxylation is 1. The van der Waals surface area contributed by atoms with Gasteiger partial charge in [-0.1, -0.05) is 30.4 Å². The molecule has 3 rings (SSSR count). The normalized spacial score (nSPS) is 24.2. The van der Waals surface area contributed by atoms with E-state index in [-0.39, 0.29) is 0 Å². The van der Waals surface area contributed by atoms with Gasteiger partial charge in [0.1, 0.15) is 0 Å². The molecule has 1 atom stereocenters. The SMILES string of the molecule is C1=Cc2cccc3c2C(C1)CC3. The Morgan fingerprint density at radius 2 is 2.25 bits per heavy atom. The van der Waals surface area contributed by atoms with E-state index in [1.54, 1.807) is 11.1 Å². The van der Waals surface area contributed by atoms with E-state index in [4.69, 9.17) is 0 Å². The van der Waals surface area contributed by atoms with Crippen molar-refractivity contribution in [2.45, 2.75) is 25.2 Å². The highest BCUT2D eigenvalue weighted by molar-refractivity contribution is 5.61. The van der Waals surface area contributed by atoms with E-state index < -0.39 is 0 Å². The summed E-state index contributed by atoms with van der Waals surface area (Å²) in [6.45, 7) is 0. The molecule has 0 spiro atoms. The van der Waals surface area contributed by atoms with Crippen molar-refractivity contribution in [3.63, 3.8) is 0 Å². The van der Waals surface area contributed by atoms with E-state index in [1.165, 1.54) is 24.8 Å². The second kappa shape index (κ2) is 2.22. The van der Waals surface area contributed by atoms with E-state index in [0.29, 0.717) is 0 Å². The highest BCUT2D eigenvalue weighted by Gasteiger charge is 2.25. The molecule has 0 radical (unpaired) electrons. The Kier molecular flexibility index (Phi) is 1.20. The Morgan fingerprint density at radius 3 is 3.25 bits per heavy atom. The van der Waals surface area contributed by atoms with Crippen molar-refractivity contribution < 1.29 is 0 Å². The molecule has 1 aromatic carbocycles. The van der Waals surface area contributed by atoms with Gasteiger partial charge in [0, 0.05) is 0 Å².